The summed E-state index contributed by atoms with van der Waals surface area (Å²) >= 11 is 0. The van der Waals surface area contributed by atoms with Crippen LogP contribution in [0.1, 0.15) is 37.1 Å². The third-order valence-corrected chi connectivity index (χ3v) is 4.68. The fourth-order valence-corrected chi connectivity index (χ4v) is 3.68. The van der Waals surface area contributed by atoms with Crippen LogP contribution in [0.3, 0.4) is 0 Å². The summed E-state index contributed by atoms with van der Waals surface area (Å²) in [5.74, 6) is -0.608. The number of rotatable bonds is 6. The van der Waals surface area contributed by atoms with E-state index >= 15 is 0 Å². The Morgan fingerprint density at radius 1 is 1.28 bits per heavy atom. The molecule has 2 N–H and O–H groups in total. The largest absolute Gasteiger partial charge is 0.464 e. The Hall–Kier alpha value is -2.90. The number of benzene rings is 1. The van der Waals surface area contributed by atoms with Gasteiger partial charge in [0.2, 0.25) is 0 Å². The van der Waals surface area contributed by atoms with Crippen LogP contribution in [-0.2, 0) is 24.2 Å². The number of fused-ring (bicyclic) bond motifs is 4. The van der Waals surface area contributed by atoms with Gasteiger partial charge in [-0.1, -0.05) is 6.07 Å². The van der Waals surface area contributed by atoms with Gasteiger partial charge in [-0.2, -0.15) is 13.5 Å². The molecule has 29 heavy (non-hydrogen) atoms. The maximum Gasteiger partial charge on any atom is 0.418 e. The molecular formula is C16H19N3O9S. The molecule has 0 aromatic heterocycles. The summed E-state index contributed by atoms with van der Waals surface area (Å²) in [6, 6.07) is 1.26. The first kappa shape index (κ1) is 20.8. The summed E-state index contributed by atoms with van der Waals surface area (Å²) in [7, 11) is -5.00. The van der Waals surface area contributed by atoms with Crippen LogP contribution in [0.25, 0.3) is 0 Å². The lowest BCUT2D eigenvalue weighted by Crippen LogP contribution is -2.39. The van der Waals surface area contributed by atoms with Gasteiger partial charge in [-0.05, 0) is 37.1 Å². The molecule has 1 saturated heterocycles. The van der Waals surface area contributed by atoms with Crippen LogP contribution in [-0.4, -0.2) is 60.7 Å². The second kappa shape index (κ2) is 7.85. The van der Waals surface area contributed by atoms with Crippen LogP contribution in [0.15, 0.2) is 18.2 Å². The van der Waals surface area contributed by atoms with Crippen molar-refractivity contribution in [2.45, 2.75) is 25.9 Å². The number of carbonyl (C=O) groups is 3. The Morgan fingerprint density at radius 3 is 2.62 bits per heavy atom. The molecule has 3 amide bonds. The van der Waals surface area contributed by atoms with Crippen LogP contribution in [0.2, 0.25) is 0 Å². The molecule has 1 aromatic rings. The van der Waals surface area contributed by atoms with Gasteiger partial charge in [0.15, 0.2) is 6.04 Å². The van der Waals surface area contributed by atoms with Crippen LogP contribution < -0.4 is 10.1 Å². The third kappa shape index (κ3) is 4.11. The second-order valence-electron chi connectivity index (χ2n) is 6.14. The molecule has 2 heterocycles. The number of amides is 3. The van der Waals surface area contributed by atoms with E-state index in [9.17, 15) is 22.8 Å². The fourth-order valence-electron chi connectivity index (χ4n) is 3.31. The van der Waals surface area contributed by atoms with Crippen molar-refractivity contribution in [2.24, 2.45) is 0 Å². The van der Waals surface area contributed by atoms with Crippen molar-refractivity contribution in [3.8, 4) is 5.75 Å². The number of carbonyl (C=O) groups excluding carboxylic acids is 3. The minimum Gasteiger partial charge on any atom is -0.464 e. The molecule has 13 heteroatoms. The van der Waals surface area contributed by atoms with Gasteiger partial charge in [0.05, 0.1) is 13.2 Å². The smallest absolute Gasteiger partial charge is 0.418 e. The van der Waals surface area contributed by atoms with Crippen LogP contribution in [0.5, 0.6) is 5.75 Å². The van der Waals surface area contributed by atoms with Crippen LogP contribution in [0.4, 0.5) is 9.59 Å². The standard InChI is InChI=1S/C16H19N3O9S/c1-3-17-15(21)27-9-5-6-10-11(7-9)12-8-18(13(10)14(20)26-4-2)16(22)19(12)28-29(23,24)25/h5-7,12-13H,3-4,8H2,1-2H3,(H,17,21)(H,23,24,25)/t12-,13+/m0/s1. The molecule has 0 saturated carbocycles. The monoisotopic (exact) mass is 429 g/mol. The van der Waals surface area contributed by atoms with E-state index in [0.717, 1.165) is 4.90 Å². The lowest BCUT2D eigenvalue weighted by atomic mass is 9.91. The molecule has 2 atom stereocenters. The highest BCUT2D eigenvalue weighted by atomic mass is 32.3. The minimum absolute atomic E-state index is 0.0692. The molecule has 3 rings (SSSR count). The van der Waals surface area contributed by atoms with E-state index in [1.54, 1.807) is 13.8 Å². The Labute approximate surface area is 166 Å². The van der Waals surface area contributed by atoms with Crippen LogP contribution >= 0.6 is 0 Å². The van der Waals surface area contributed by atoms with Crippen molar-refractivity contribution in [2.75, 3.05) is 19.7 Å². The average molecular weight is 429 g/mol. The Kier molecular flexibility index (Phi) is 5.64. The molecular weight excluding hydrogens is 410 g/mol. The zero-order valence-corrected chi connectivity index (χ0v) is 16.3. The molecule has 0 radical (unpaired) electrons. The number of hydrogen-bond donors (Lipinski definition) is 2. The highest BCUT2D eigenvalue weighted by Crippen LogP contribution is 2.45. The molecule has 158 valence electrons. The lowest BCUT2D eigenvalue weighted by Gasteiger charge is -2.31. The Bertz CT molecular complexity index is 949. The van der Waals surface area contributed by atoms with Gasteiger partial charge in [0.1, 0.15) is 11.8 Å². The summed E-state index contributed by atoms with van der Waals surface area (Å²) < 4.78 is 46.0. The van der Waals surface area contributed by atoms with Crippen molar-refractivity contribution in [3.63, 3.8) is 0 Å². The summed E-state index contributed by atoms with van der Waals surface area (Å²) in [5, 5.41) is 2.91. The van der Waals surface area contributed by atoms with E-state index in [1.807, 2.05) is 0 Å². The Morgan fingerprint density at radius 2 is 2.00 bits per heavy atom. The number of hydrogen-bond acceptors (Lipinski definition) is 8. The number of esters is 1. The van der Waals surface area contributed by atoms with E-state index < -0.39 is 40.6 Å². The van der Waals surface area contributed by atoms with E-state index in [2.05, 4.69) is 9.60 Å². The third-order valence-electron chi connectivity index (χ3n) is 4.33. The van der Waals surface area contributed by atoms with Gasteiger partial charge in [-0.15, -0.1) is 4.28 Å². The molecule has 1 fully saturated rings. The van der Waals surface area contributed by atoms with Crippen molar-refractivity contribution in [3.05, 3.63) is 29.3 Å². The summed E-state index contributed by atoms with van der Waals surface area (Å²) in [4.78, 5) is 37.9. The molecule has 2 bridgehead atoms. The first-order chi connectivity index (χ1) is 13.7. The molecule has 2 aliphatic rings. The molecule has 0 spiro atoms. The average Bonchev–Trinajstić information content (AvgIpc) is 2.88. The zero-order valence-electron chi connectivity index (χ0n) is 15.5. The lowest BCUT2D eigenvalue weighted by molar-refractivity contribution is -0.148. The van der Waals surface area contributed by atoms with Gasteiger partial charge in [-0.25, -0.2) is 14.4 Å². The molecule has 0 aliphatic carbocycles. The maximum atomic E-state index is 12.6. The molecule has 2 aliphatic heterocycles. The molecule has 12 nitrogen and oxygen atoms in total. The first-order valence-corrected chi connectivity index (χ1v) is 10.1. The summed E-state index contributed by atoms with van der Waals surface area (Å²) in [6.07, 6.45) is -0.708. The van der Waals surface area contributed by atoms with Gasteiger partial charge in [-0.3, -0.25) is 4.55 Å². The van der Waals surface area contributed by atoms with E-state index in [4.69, 9.17) is 14.0 Å². The Balaban J connectivity index is 2.04. The van der Waals surface area contributed by atoms with Crippen LogP contribution in [0, 0.1) is 0 Å². The zero-order chi connectivity index (χ0) is 21.3. The number of hydroxylamine groups is 2. The molecule has 0 unspecified atom stereocenters. The van der Waals surface area contributed by atoms with E-state index in [0.29, 0.717) is 22.7 Å². The summed E-state index contributed by atoms with van der Waals surface area (Å²) in [5.41, 5.74) is 0.674. The van der Waals surface area contributed by atoms with Gasteiger partial charge in [0, 0.05) is 6.54 Å². The second-order valence-corrected chi connectivity index (χ2v) is 7.15. The van der Waals surface area contributed by atoms with E-state index in [1.165, 1.54) is 18.2 Å². The van der Waals surface area contributed by atoms with E-state index in [-0.39, 0.29) is 18.9 Å². The van der Waals surface area contributed by atoms with Gasteiger partial charge >= 0.3 is 28.5 Å². The maximum absolute atomic E-state index is 12.6. The van der Waals surface area contributed by atoms with Crippen molar-refractivity contribution >= 4 is 28.5 Å². The highest BCUT2D eigenvalue weighted by Gasteiger charge is 2.52. The van der Waals surface area contributed by atoms with Gasteiger partial charge < -0.3 is 19.7 Å². The number of urea groups is 1. The molecule has 1 aromatic carbocycles. The first-order valence-electron chi connectivity index (χ1n) is 8.69. The summed E-state index contributed by atoms with van der Waals surface area (Å²) in [6.45, 7) is 3.63. The van der Waals surface area contributed by atoms with Gasteiger partial charge in [0.25, 0.3) is 0 Å². The predicted octanol–water partition coefficient (Wildman–Crippen LogP) is 0.926. The minimum atomic E-state index is -5.00. The fraction of sp³-hybridized carbons (Fsp3) is 0.438. The number of nitrogens with zero attached hydrogens (tertiary/aromatic N) is 2. The number of nitrogens with one attached hydrogen (secondary N) is 1. The number of ether oxygens (including phenoxy) is 2. The predicted molar refractivity (Wildman–Crippen MR) is 94.8 cm³/mol. The van der Waals surface area contributed by atoms with Crippen molar-refractivity contribution in [1.82, 2.24) is 15.3 Å². The van der Waals surface area contributed by atoms with Crippen molar-refractivity contribution in [1.29, 1.82) is 0 Å². The highest BCUT2D eigenvalue weighted by molar-refractivity contribution is 7.80. The normalized spacial score (nSPS) is 20.3. The SMILES string of the molecule is CCNC(=O)Oc1ccc2c(c1)[C@@H]1CN(C(=O)N1OS(=O)(=O)O)[C@H]2C(=O)OCC. The van der Waals surface area contributed by atoms with Crippen molar-refractivity contribution < 1.29 is 41.1 Å². The quantitative estimate of drug-likeness (QED) is 0.497. The topological polar surface area (TPSA) is 152 Å².